The Labute approximate surface area is 111 Å². The molecule has 1 fully saturated rings. The van der Waals surface area contributed by atoms with Crippen molar-refractivity contribution in [3.63, 3.8) is 0 Å². The smallest absolute Gasteiger partial charge is 0.0625 e. The molecule has 1 heterocycles. The highest BCUT2D eigenvalue weighted by atomic mass is 15.3. The van der Waals surface area contributed by atoms with E-state index in [4.69, 9.17) is 5.73 Å². The lowest BCUT2D eigenvalue weighted by Crippen LogP contribution is -2.30. The van der Waals surface area contributed by atoms with E-state index < -0.39 is 0 Å². The lowest BCUT2D eigenvalue weighted by molar-refractivity contribution is 0.183. The van der Waals surface area contributed by atoms with Gasteiger partial charge in [0.05, 0.1) is 11.4 Å². The number of hydrogen-bond donors (Lipinski definition) is 1. The summed E-state index contributed by atoms with van der Waals surface area (Å²) in [5, 5.41) is 4.52. The second-order valence-corrected chi connectivity index (χ2v) is 6.09. The van der Waals surface area contributed by atoms with Gasteiger partial charge in [-0.2, -0.15) is 5.10 Å². The Morgan fingerprint density at radius 2 is 2.11 bits per heavy atom. The molecule has 102 valence electrons. The Kier molecular flexibility index (Phi) is 4.10. The molecule has 0 bridgehead atoms. The van der Waals surface area contributed by atoms with Crippen LogP contribution in [0.5, 0.6) is 0 Å². The minimum atomic E-state index is 0.151. The van der Waals surface area contributed by atoms with E-state index in [9.17, 15) is 0 Å². The Bertz CT molecular complexity index is 396. The molecule has 4 atom stereocenters. The highest BCUT2D eigenvalue weighted by Crippen LogP contribution is 2.38. The van der Waals surface area contributed by atoms with Crippen LogP contribution in [0, 0.1) is 17.8 Å². The van der Waals surface area contributed by atoms with Crippen LogP contribution in [0.15, 0.2) is 6.07 Å². The maximum Gasteiger partial charge on any atom is 0.0625 e. The SMILES string of the molecule is CCc1cc(C(N)C2CCC(C)C(C)C2)n(C)n1. The molecule has 3 heteroatoms. The number of hydrogen-bond acceptors (Lipinski definition) is 2. The molecule has 1 aliphatic rings. The summed E-state index contributed by atoms with van der Waals surface area (Å²) in [5.41, 5.74) is 8.85. The monoisotopic (exact) mass is 249 g/mol. The summed E-state index contributed by atoms with van der Waals surface area (Å²) in [6.45, 7) is 6.87. The van der Waals surface area contributed by atoms with Crippen LogP contribution in [-0.4, -0.2) is 9.78 Å². The first-order valence-corrected chi connectivity index (χ1v) is 7.31. The predicted molar refractivity (Wildman–Crippen MR) is 75.2 cm³/mol. The zero-order valence-corrected chi connectivity index (χ0v) is 12.2. The first-order valence-electron chi connectivity index (χ1n) is 7.31. The van der Waals surface area contributed by atoms with E-state index in [1.807, 2.05) is 11.7 Å². The third-order valence-electron chi connectivity index (χ3n) is 4.82. The van der Waals surface area contributed by atoms with Crippen molar-refractivity contribution < 1.29 is 0 Å². The molecule has 0 radical (unpaired) electrons. The summed E-state index contributed by atoms with van der Waals surface area (Å²) in [6.07, 6.45) is 4.82. The van der Waals surface area contributed by atoms with Crippen LogP contribution < -0.4 is 5.73 Å². The second-order valence-electron chi connectivity index (χ2n) is 6.09. The van der Waals surface area contributed by atoms with Gasteiger partial charge in [0.25, 0.3) is 0 Å². The number of nitrogens with two attached hydrogens (primary N) is 1. The highest BCUT2D eigenvalue weighted by molar-refractivity contribution is 5.15. The fraction of sp³-hybridized carbons (Fsp3) is 0.800. The number of nitrogens with zero attached hydrogens (tertiary/aromatic N) is 2. The van der Waals surface area contributed by atoms with E-state index in [2.05, 4.69) is 31.9 Å². The maximum absolute atomic E-state index is 6.49. The molecule has 3 nitrogen and oxygen atoms in total. The van der Waals surface area contributed by atoms with Gasteiger partial charge in [-0.1, -0.05) is 27.2 Å². The van der Waals surface area contributed by atoms with Gasteiger partial charge in [0.1, 0.15) is 0 Å². The van der Waals surface area contributed by atoms with Crippen LogP contribution in [-0.2, 0) is 13.5 Å². The van der Waals surface area contributed by atoms with E-state index in [0.717, 1.165) is 24.0 Å². The standard InChI is InChI=1S/C15H27N3/c1-5-13-9-14(18(4)17-13)15(16)12-7-6-10(2)11(3)8-12/h9-12,15H,5-8,16H2,1-4H3. The molecular formula is C15H27N3. The van der Waals surface area contributed by atoms with Crippen molar-refractivity contribution in [3.8, 4) is 0 Å². The highest BCUT2D eigenvalue weighted by Gasteiger charge is 2.30. The van der Waals surface area contributed by atoms with Crippen molar-refractivity contribution in [1.82, 2.24) is 9.78 Å². The molecule has 1 aromatic heterocycles. The summed E-state index contributed by atoms with van der Waals surface area (Å²) in [7, 11) is 2.02. The quantitative estimate of drug-likeness (QED) is 0.894. The average molecular weight is 249 g/mol. The van der Waals surface area contributed by atoms with Crippen molar-refractivity contribution in [2.45, 2.75) is 52.5 Å². The van der Waals surface area contributed by atoms with Gasteiger partial charge >= 0.3 is 0 Å². The van der Waals surface area contributed by atoms with E-state index in [1.165, 1.54) is 25.0 Å². The molecule has 2 N–H and O–H groups in total. The summed E-state index contributed by atoms with van der Waals surface area (Å²) < 4.78 is 1.98. The van der Waals surface area contributed by atoms with E-state index in [-0.39, 0.29) is 6.04 Å². The maximum atomic E-state index is 6.49. The normalized spacial score (nSPS) is 30.4. The predicted octanol–water partition coefficient (Wildman–Crippen LogP) is 3.05. The topological polar surface area (TPSA) is 43.8 Å². The Morgan fingerprint density at radius 1 is 1.39 bits per heavy atom. The van der Waals surface area contributed by atoms with E-state index in [0.29, 0.717) is 5.92 Å². The lowest BCUT2D eigenvalue weighted by atomic mass is 9.73. The van der Waals surface area contributed by atoms with Gasteiger partial charge < -0.3 is 5.73 Å². The van der Waals surface area contributed by atoms with Crippen LogP contribution in [0.4, 0.5) is 0 Å². The van der Waals surface area contributed by atoms with E-state index >= 15 is 0 Å². The van der Waals surface area contributed by atoms with Gasteiger partial charge in [-0.3, -0.25) is 4.68 Å². The zero-order valence-electron chi connectivity index (χ0n) is 12.2. The summed E-state index contributed by atoms with van der Waals surface area (Å²) in [6, 6.07) is 2.34. The average Bonchev–Trinajstić information content (AvgIpc) is 2.73. The molecule has 0 spiro atoms. The fourth-order valence-corrected chi connectivity index (χ4v) is 3.18. The fourth-order valence-electron chi connectivity index (χ4n) is 3.18. The summed E-state index contributed by atoms with van der Waals surface area (Å²) >= 11 is 0. The van der Waals surface area contributed by atoms with Crippen molar-refractivity contribution in [2.75, 3.05) is 0 Å². The van der Waals surface area contributed by atoms with Gasteiger partial charge in [-0.25, -0.2) is 0 Å². The van der Waals surface area contributed by atoms with Crippen LogP contribution >= 0.6 is 0 Å². The molecule has 2 rings (SSSR count). The molecule has 18 heavy (non-hydrogen) atoms. The summed E-state index contributed by atoms with van der Waals surface area (Å²) in [5.74, 6) is 2.27. The third-order valence-corrected chi connectivity index (χ3v) is 4.82. The molecular weight excluding hydrogens is 222 g/mol. The molecule has 1 aliphatic carbocycles. The molecule has 0 saturated heterocycles. The van der Waals surface area contributed by atoms with Crippen LogP contribution in [0.2, 0.25) is 0 Å². The first kappa shape index (κ1) is 13.6. The minimum Gasteiger partial charge on any atom is -0.322 e. The van der Waals surface area contributed by atoms with Gasteiger partial charge in [-0.05, 0) is 43.1 Å². The summed E-state index contributed by atoms with van der Waals surface area (Å²) in [4.78, 5) is 0. The van der Waals surface area contributed by atoms with Gasteiger partial charge in [0.2, 0.25) is 0 Å². The van der Waals surface area contributed by atoms with Crippen LogP contribution in [0.1, 0.15) is 57.5 Å². The van der Waals surface area contributed by atoms with Crippen molar-refractivity contribution >= 4 is 0 Å². The minimum absolute atomic E-state index is 0.151. The van der Waals surface area contributed by atoms with Crippen molar-refractivity contribution in [1.29, 1.82) is 0 Å². The Morgan fingerprint density at radius 3 is 2.67 bits per heavy atom. The number of rotatable bonds is 3. The lowest BCUT2D eigenvalue weighted by Gasteiger charge is -2.35. The van der Waals surface area contributed by atoms with E-state index in [1.54, 1.807) is 0 Å². The first-order chi connectivity index (χ1) is 8.52. The number of aromatic nitrogens is 2. The van der Waals surface area contributed by atoms with Crippen molar-refractivity contribution in [2.24, 2.45) is 30.5 Å². The molecule has 0 aromatic carbocycles. The second kappa shape index (κ2) is 5.43. The molecule has 1 saturated carbocycles. The Balaban J connectivity index is 2.10. The molecule has 4 unspecified atom stereocenters. The molecule has 0 amide bonds. The van der Waals surface area contributed by atoms with Gasteiger partial charge in [0.15, 0.2) is 0 Å². The van der Waals surface area contributed by atoms with Crippen molar-refractivity contribution in [3.05, 3.63) is 17.5 Å². The zero-order chi connectivity index (χ0) is 13.3. The largest absolute Gasteiger partial charge is 0.322 e. The Hall–Kier alpha value is -0.830. The number of aryl methyl sites for hydroxylation is 2. The van der Waals surface area contributed by atoms with Gasteiger partial charge in [0, 0.05) is 13.1 Å². The third kappa shape index (κ3) is 2.61. The molecule has 1 aromatic rings. The van der Waals surface area contributed by atoms with Crippen LogP contribution in [0.3, 0.4) is 0 Å². The molecule has 0 aliphatic heterocycles. The van der Waals surface area contributed by atoms with Gasteiger partial charge in [-0.15, -0.1) is 0 Å². The van der Waals surface area contributed by atoms with Crippen LogP contribution in [0.25, 0.3) is 0 Å².